The van der Waals surface area contributed by atoms with Crippen LogP contribution in [0.25, 0.3) is 10.1 Å². The number of nitriles is 1. The van der Waals surface area contributed by atoms with Crippen molar-refractivity contribution >= 4 is 54.4 Å². The fraction of sp³-hybridized carbons (Fsp3) is 0.121. The van der Waals surface area contributed by atoms with Gasteiger partial charge in [-0.2, -0.15) is 5.26 Å². The fourth-order valence-corrected chi connectivity index (χ4v) is 8.07. The Morgan fingerprint density at radius 2 is 1.82 bits per heavy atom. The van der Waals surface area contributed by atoms with Crippen LogP contribution in [0.2, 0.25) is 0 Å². The third-order valence-corrected chi connectivity index (χ3v) is 10.9. The van der Waals surface area contributed by atoms with Crippen molar-refractivity contribution in [3.8, 4) is 6.07 Å². The van der Waals surface area contributed by atoms with E-state index in [-0.39, 0.29) is 17.3 Å². The lowest BCUT2D eigenvalue weighted by molar-refractivity contribution is 0.0958. The monoisotopic (exact) mass is 637 g/mol. The zero-order valence-electron chi connectivity index (χ0n) is 23.5. The molecule has 44 heavy (non-hydrogen) atoms. The van der Waals surface area contributed by atoms with Gasteiger partial charge in [0, 0.05) is 34.2 Å². The Morgan fingerprint density at radius 1 is 1.00 bits per heavy atom. The summed E-state index contributed by atoms with van der Waals surface area (Å²) in [5.41, 5.74) is 2.69. The molecule has 1 N–H and O–H groups in total. The highest BCUT2D eigenvalue weighted by molar-refractivity contribution is 7.92. The van der Waals surface area contributed by atoms with Gasteiger partial charge in [-0.15, -0.1) is 22.7 Å². The fourth-order valence-electron chi connectivity index (χ4n) is 4.89. The van der Waals surface area contributed by atoms with Crippen molar-refractivity contribution in [2.45, 2.75) is 24.4 Å². The van der Waals surface area contributed by atoms with Gasteiger partial charge in [-0.3, -0.25) is 9.10 Å². The number of aromatic nitrogens is 2. The molecule has 0 aliphatic rings. The van der Waals surface area contributed by atoms with E-state index in [9.17, 15) is 13.2 Å². The summed E-state index contributed by atoms with van der Waals surface area (Å²) < 4.78 is 32.6. The summed E-state index contributed by atoms with van der Waals surface area (Å²) in [6.45, 7) is 0.988. The zero-order valence-corrected chi connectivity index (χ0v) is 25.9. The minimum absolute atomic E-state index is 0.0187. The zero-order chi connectivity index (χ0) is 30.5. The first-order valence-electron chi connectivity index (χ1n) is 13.8. The molecule has 0 unspecified atom stereocenters. The van der Waals surface area contributed by atoms with Gasteiger partial charge in [0.05, 0.1) is 45.7 Å². The summed E-state index contributed by atoms with van der Waals surface area (Å²) in [6.07, 6.45) is 4.08. The molecule has 8 nitrogen and oxygen atoms in total. The van der Waals surface area contributed by atoms with Crippen LogP contribution in [0, 0.1) is 11.3 Å². The molecular weight excluding hydrogens is 611 g/mol. The molecule has 11 heteroatoms. The van der Waals surface area contributed by atoms with E-state index >= 15 is 0 Å². The molecule has 0 spiro atoms. The highest BCUT2D eigenvalue weighted by Gasteiger charge is 2.28. The maximum absolute atomic E-state index is 14.2. The lowest BCUT2D eigenvalue weighted by Crippen LogP contribution is -2.31. The number of anilines is 1. The number of sulfonamides is 1. The number of imidazole rings is 1. The van der Waals surface area contributed by atoms with Gasteiger partial charge in [0.2, 0.25) is 0 Å². The van der Waals surface area contributed by atoms with E-state index in [1.807, 2.05) is 46.3 Å². The SMILES string of the molecule is N#Cc1ccc(Cn2cncc2CN(c2cccc3sc(C(=O)NCCc4cccs4)cc23)S(=O)(=O)c2ccccc2)cc1. The lowest BCUT2D eigenvalue weighted by atomic mass is 10.1. The molecule has 0 aliphatic heterocycles. The van der Waals surface area contributed by atoms with E-state index in [0.717, 1.165) is 16.7 Å². The maximum Gasteiger partial charge on any atom is 0.264 e. The van der Waals surface area contributed by atoms with Gasteiger partial charge in [-0.05, 0) is 65.9 Å². The van der Waals surface area contributed by atoms with Crippen molar-refractivity contribution in [3.05, 3.63) is 135 Å². The first kappa shape index (κ1) is 29.3. The van der Waals surface area contributed by atoms with Crippen molar-refractivity contribution in [1.29, 1.82) is 5.26 Å². The number of hydrogen-bond donors (Lipinski definition) is 1. The summed E-state index contributed by atoms with van der Waals surface area (Å²) >= 11 is 2.99. The van der Waals surface area contributed by atoms with Gasteiger partial charge in [0.1, 0.15) is 0 Å². The Morgan fingerprint density at radius 3 is 2.57 bits per heavy atom. The minimum Gasteiger partial charge on any atom is -0.351 e. The molecule has 0 fully saturated rings. The largest absolute Gasteiger partial charge is 0.351 e. The molecule has 0 radical (unpaired) electrons. The molecule has 6 rings (SSSR count). The Hall–Kier alpha value is -4.76. The van der Waals surface area contributed by atoms with E-state index < -0.39 is 10.0 Å². The van der Waals surface area contributed by atoms with Crippen LogP contribution < -0.4 is 9.62 Å². The molecule has 3 aromatic carbocycles. The number of thiophene rings is 2. The van der Waals surface area contributed by atoms with Crippen LogP contribution in [0.1, 0.15) is 31.4 Å². The van der Waals surface area contributed by atoms with Crippen LogP contribution in [0.3, 0.4) is 0 Å². The van der Waals surface area contributed by atoms with Crippen LogP contribution in [-0.2, 0) is 29.5 Å². The first-order valence-corrected chi connectivity index (χ1v) is 16.9. The van der Waals surface area contributed by atoms with E-state index in [0.29, 0.717) is 40.3 Å². The molecule has 3 heterocycles. The van der Waals surface area contributed by atoms with Crippen molar-refractivity contribution in [2.75, 3.05) is 10.8 Å². The van der Waals surface area contributed by atoms with Crippen molar-refractivity contribution in [2.24, 2.45) is 0 Å². The molecule has 0 saturated carbocycles. The predicted molar refractivity (Wildman–Crippen MR) is 174 cm³/mol. The number of nitrogens with zero attached hydrogens (tertiary/aromatic N) is 4. The predicted octanol–water partition coefficient (Wildman–Crippen LogP) is 6.45. The van der Waals surface area contributed by atoms with E-state index in [2.05, 4.69) is 16.4 Å². The van der Waals surface area contributed by atoms with Crippen molar-refractivity contribution < 1.29 is 13.2 Å². The topological polar surface area (TPSA) is 108 Å². The summed E-state index contributed by atoms with van der Waals surface area (Å²) in [4.78, 5) is 19.3. The number of benzene rings is 3. The highest BCUT2D eigenvalue weighted by atomic mass is 32.2. The third-order valence-electron chi connectivity index (χ3n) is 7.14. The lowest BCUT2D eigenvalue weighted by Gasteiger charge is -2.26. The number of fused-ring (bicyclic) bond motifs is 1. The normalized spacial score (nSPS) is 11.3. The average Bonchev–Trinajstić information content (AvgIpc) is 3.82. The third kappa shape index (κ3) is 6.28. The molecular formula is C33H27N5O3S3. The van der Waals surface area contributed by atoms with E-state index in [4.69, 9.17) is 5.26 Å². The number of amides is 1. The average molecular weight is 638 g/mol. The van der Waals surface area contributed by atoms with E-state index in [1.165, 1.54) is 20.5 Å². The number of carbonyl (C=O) groups is 1. The van der Waals surface area contributed by atoms with Gasteiger partial charge in [0.15, 0.2) is 0 Å². The Bertz CT molecular complexity index is 2040. The van der Waals surface area contributed by atoms with Gasteiger partial charge in [-0.25, -0.2) is 13.4 Å². The highest BCUT2D eigenvalue weighted by Crippen LogP contribution is 2.37. The summed E-state index contributed by atoms with van der Waals surface area (Å²) in [5.74, 6) is -0.188. The molecule has 0 saturated heterocycles. The van der Waals surface area contributed by atoms with Gasteiger partial charge >= 0.3 is 0 Å². The molecule has 1 amide bonds. The second-order valence-electron chi connectivity index (χ2n) is 10.0. The maximum atomic E-state index is 14.2. The summed E-state index contributed by atoms with van der Waals surface area (Å²) in [6, 6.07) is 29.0. The van der Waals surface area contributed by atoms with Crippen molar-refractivity contribution in [3.63, 3.8) is 0 Å². The molecule has 0 atom stereocenters. The standard InChI is InChI=1S/C33H27N5O3S3/c34-19-24-11-13-25(14-12-24)21-37-23-35-20-26(37)22-38(44(40,41)28-7-2-1-3-8-28)30-9-4-10-31-29(30)18-32(43-31)33(39)36-16-15-27-6-5-17-42-27/h1-14,17-18,20,23H,15-16,21-22H2,(H,36,39). The number of rotatable bonds is 11. The van der Waals surface area contributed by atoms with Crippen LogP contribution in [-0.4, -0.2) is 30.4 Å². The number of carbonyl (C=O) groups excluding carboxylic acids is 1. The minimum atomic E-state index is -4.01. The smallest absolute Gasteiger partial charge is 0.264 e. The molecule has 6 aromatic rings. The van der Waals surface area contributed by atoms with Crippen LogP contribution >= 0.6 is 22.7 Å². The van der Waals surface area contributed by atoms with Gasteiger partial charge in [-0.1, -0.05) is 42.5 Å². The summed E-state index contributed by atoms with van der Waals surface area (Å²) in [7, 11) is -4.01. The van der Waals surface area contributed by atoms with Crippen LogP contribution in [0.5, 0.6) is 0 Å². The molecule has 220 valence electrons. The Balaban J connectivity index is 1.34. The molecule has 0 bridgehead atoms. The molecule has 3 aromatic heterocycles. The molecule has 0 aliphatic carbocycles. The number of nitrogens with one attached hydrogen (secondary N) is 1. The second-order valence-corrected chi connectivity index (χ2v) is 14.0. The summed E-state index contributed by atoms with van der Waals surface area (Å²) in [5, 5.41) is 14.8. The Labute approximate surface area is 263 Å². The van der Waals surface area contributed by atoms with Crippen LogP contribution in [0.4, 0.5) is 5.69 Å². The van der Waals surface area contributed by atoms with E-state index in [1.54, 1.807) is 78.5 Å². The second kappa shape index (κ2) is 12.9. The van der Waals surface area contributed by atoms with Gasteiger partial charge in [0.25, 0.3) is 15.9 Å². The van der Waals surface area contributed by atoms with Crippen molar-refractivity contribution in [1.82, 2.24) is 14.9 Å². The van der Waals surface area contributed by atoms with Crippen LogP contribution in [0.15, 0.2) is 114 Å². The number of hydrogen-bond acceptors (Lipinski definition) is 7. The quantitative estimate of drug-likeness (QED) is 0.176. The van der Waals surface area contributed by atoms with Gasteiger partial charge < -0.3 is 9.88 Å². The Kier molecular flexibility index (Phi) is 8.56. The first-order chi connectivity index (χ1) is 21.4.